The summed E-state index contributed by atoms with van der Waals surface area (Å²) in [7, 11) is 0. The fourth-order valence-electron chi connectivity index (χ4n) is 3.58. The summed E-state index contributed by atoms with van der Waals surface area (Å²) in [6.07, 6.45) is 1.33. The molecule has 6 nitrogen and oxygen atoms in total. The number of rotatable bonds is 2. The molecular formula is C19H14ClF2N5OS. The number of morpholine rings is 1. The Bertz CT molecular complexity index is 1260. The summed E-state index contributed by atoms with van der Waals surface area (Å²) in [5.41, 5.74) is 6.64. The fourth-order valence-corrected chi connectivity index (χ4v) is 4.64. The van der Waals surface area contributed by atoms with Crippen molar-refractivity contribution in [2.24, 2.45) is 0 Å². The van der Waals surface area contributed by atoms with Crippen LogP contribution in [0.3, 0.4) is 0 Å². The quantitative estimate of drug-likeness (QED) is 0.509. The predicted octanol–water partition coefficient (Wildman–Crippen LogP) is 4.26. The number of hydrogen-bond donors (Lipinski definition) is 1. The minimum Gasteiger partial charge on any atom is -0.378 e. The van der Waals surface area contributed by atoms with Crippen molar-refractivity contribution in [1.29, 1.82) is 0 Å². The first-order valence-electron chi connectivity index (χ1n) is 8.85. The Labute approximate surface area is 172 Å². The lowest BCUT2D eigenvalue weighted by atomic mass is 10.0. The van der Waals surface area contributed by atoms with Crippen LogP contribution in [-0.2, 0) is 4.74 Å². The number of anilines is 2. The molecule has 0 bridgehead atoms. The molecule has 2 aromatic carbocycles. The maximum atomic E-state index is 15.6. The van der Waals surface area contributed by atoms with Crippen LogP contribution in [0, 0.1) is 11.6 Å². The molecule has 29 heavy (non-hydrogen) atoms. The molecule has 0 spiro atoms. The molecule has 0 atom stereocenters. The summed E-state index contributed by atoms with van der Waals surface area (Å²) < 4.78 is 35.4. The van der Waals surface area contributed by atoms with Crippen molar-refractivity contribution in [3.8, 4) is 11.1 Å². The number of nitrogens with two attached hydrogens (primary N) is 1. The van der Waals surface area contributed by atoms with Gasteiger partial charge in [-0.2, -0.15) is 0 Å². The zero-order valence-corrected chi connectivity index (χ0v) is 16.5. The molecule has 0 amide bonds. The SMILES string of the molecule is Nc1nc2c(-c3c(Cl)cc4c(N5CCOCC5)ncnc4c3F)ccc(F)c2s1. The Morgan fingerprint density at radius 1 is 1.14 bits per heavy atom. The highest BCUT2D eigenvalue weighted by molar-refractivity contribution is 7.22. The first-order valence-corrected chi connectivity index (χ1v) is 10.0. The van der Waals surface area contributed by atoms with Crippen LogP contribution < -0.4 is 10.6 Å². The zero-order valence-electron chi connectivity index (χ0n) is 15.0. The van der Waals surface area contributed by atoms with E-state index < -0.39 is 11.6 Å². The van der Waals surface area contributed by atoms with Crippen LogP contribution in [0.4, 0.5) is 19.7 Å². The Kier molecular flexibility index (Phi) is 4.45. The molecule has 148 valence electrons. The number of thiazole rings is 1. The van der Waals surface area contributed by atoms with E-state index in [0.717, 1.165) is 11.3 Å². The second-order valence-corrected chi connectivity index (χ2v) is 8.00. The number of nitrogens with zero attached hydrogens (tertiary/aromatic N) is 4. The molecule has 1 fully saturated rings. The summed E-state index contributed by atoms with van der Waals surface area (Å²) in [5, 5.41) is 0.871. The lowest BCUT2D eigenvalue weighted by Gasteiger charge is -2.28. The average molecular weight is 434 g/mol. The van der Waals surface area contributed by atoms with E-state index in [4.69, 9.17) is 22.1 Å². The van der Waals surface area contributed by atoms with Crippen molar-refractivity contribution < 1.29 is 13.5 Å². The van der Waals surface area contributed by atoms with Crippen LogP contribution >= 0.6 is 22.9 Å². The molecule has 5 rings (SSSR count). The third kappa shape index (κ3) is 2.97. The van der Waals surface area contributed by atoms with E-state index in [-0.39, 0.29) is 31.5 Å². The molecule has 10 heteroatoms. The van der Waals surface area contributed by atoms with Gasteiger partial charge in [0.15, 0.2) is 10.9 Å². The van der Waals surface area contributed by atoms with Crippen LogP contribution in [-0.4, -0.2) is 41.3 Å². The first-order chi connectivity index (χ1) is 14.0. The van der Waals surface area contributed by atoms with E-state index in [1.807, 2.05) is 4.90 Å². The van der Waals surface area contributed by atoms with Crippen molar-refractivity contribution in [3.63, 3.8) is 0 Å². The molecule has 0 saturated carbocycles. The number of halogens is 3. The minimum atomic E-state index is -0.608. The van der Waals surface area contributed by atoms with Gasteiger partial charge in [-0.25, -0.2) is 23.7 Å². The van der Waals surface area contributed by atoms with E-state index in [1.54, 1.807) is 6.07 Å². The Morgan fingerprint density at radius 3 is 2.72 bits per heavy atom. The van der Waals surface area contributed by atoms with Crippen molar-refractivity contribution in [2.75, 3.05) is 36.9 Å². The Morgan fingerprint density at radius 2 is 1.93 bits per heavy atom. The Hall–Kier alpha value is -2.62. The maximum absolute atomic E-state index is 15.6. The highest BCUT2D eigenvalue weighted by Crippen LogP contribution is 2.41. The van der Waals surface area contributed by atoms with Crippen molar-refractivity contribution in [1.82, 2.24) is 15.0 Å². The van der Waals surface area contributed by atoms with Crippen LogP contribution in [0.1, 0.15) is 0 Å². The largest absolute Gasteiger partial charge is 0.378 e. The number of benzene rings is 2. The molecule has 1 saturated heterocycles. The van der Waals surface area contributed by atoms with Gasteiger partial charge >= 0.3 is 0 Å². The highest BCUT2D eigenvalue weighted by Gasteiger charge is 2.23. The van der Waals surface area contributed by atoms with E-state index in [1.165, 1.54) is 18.5 Å². The fraction of sp³-hybridized carbons (Fsp3) is 0.211. The van der Waals surface area contributed by atoms with Crippen molar-refractivity contribution in [3.05, 3.63) is 41.2 Å². The molecule has 0 aliphatic carbocycles. The van der Waals surface area contributed by atoms with Crippen LogP contribution in [0.5, 0.6) is 0 Å². The molecule has 2 aromatic heterocycles. The van der Waals surface area contributed by atoms with Gasteiger partial charge < -0.3 is 15.4 Å². The zero-order chi connectivity index (χ0) is 20.1. The predicted molar refractivity (Wildman–Crippen MR) is 111 cm³/mol. The third-order valence-corrected chi connectivity index (χ3v) is 6.08. The van der Waals surface area contributed by atoms with Gasteiger partial charge in [0.1, 0.15) is 23.5 Å². The summed E-state index contributed by atoms with van der Waals surface area (Å²) in [6.45, 7) is 2.42. The maximum Gasteiger partial charge on any atom is 0.181 e. The van der Waals surface area contributed by atoms with Gasteiger partial charge in [0.2, 0.25) is 0 Å². The molecule has 1 aliphatic heterocycles. The normalized spacial score (nSPS) is 14.8. The summed E-state index contributed by atoms with van der Waals surface area (Å²) in [6, 6.07) is 4.36. The van der Waals surface area contributed by atoms with Gasteiger partial charge in [-0.3, -0.25) is 0 Å². The van der Waals surface area contributed by atoms with Crippen molar-refractivity contribution in [2.45, 2.75) is 0 Å². The van der Waals surface area contributed by atoms with Crippen LogP contribution in [0.25, 0.3) is 32.2 Å². The third-order valence-electron chi connectivity index (χ3n) is 4.89. The standard InChI is InChI=1S/C19H14ClF2N5OS/c20-11-7-10-15(24-8-25-18(10)27-3-5-28-6-4-27)14(22)13(11)9-1-2-12(21)17-16(9)26-19(23)29-17/h1-2,7-8H,3-6H2,(H2,23,26). The summed E-state index contributed by atoms with van der Waals surface area (Å²) >= 11 is 7.52. The molecule has 4 aromatic rings. The monoisotopic (exact) mass is 433 g/mol. The number of ether oxygens (including phenoxy) is 1. The molecule has 2 N–H and O–H groups in total. The van der Waals surface area contributed by atoms with E-state index in [0.29, 0.717) is 43.1 Å². The van der Waals surface area contributed by atoms with Crippen LogP contribution in [0.15, 0.2) is 24.5 Å². The second-order valence-electron chi connectivity index (χ2n) is 6.57. The topological polar surface area (TPSA) is 77.2 Å². The van der Waals surface area contributed by atoms with Gasteiger partial charge in [-0.1, -0.05) is 22.9 Å². The van der Waals surface area contributed by atoms with E-state index >= 15 is 4.39 Å². The number of aromatic nitrogens is 3. The Balaban J connectivity index is 1.76. The minimum absolute atomic E-state index is 0.112. The lowest BCUT2D eigenvalue weighted by molar-refractivity contribution is 0.122. The first kappa shape index (κ1) is 18.4. The molecule has 1 aliphatic rings. The van der Waals surface area contributed by atoms with Gasteiger partial charge in [0.25, 0.3) is 0 Å². The molecule has 0 unspecified atom stereocenters. The van der Waals surface area contributed by atoms with Crippen molar-refractivity contribution >= 4 is 55.0 Å². The molecular weight excluding hydrogens is 420 g/mol. The van der Waals surface area contributed by atoms with E-state index in [9.17, 15) is 4.39 Å². The molecule has 0 radical (unpaired) electrons. The second kappa shape index (κ2) is 7.01. The average Bonchev–Trinajstić information content (AvgIpc) is 3.12. The van der Waals surface area contributed by atoms with Gasteiger partial charge in [-0.15, -0.1) is 0 Å². The number of nitrogen functional groups attached to an aromatic ring is 1. The lowest BCUT2D eigenvalue weighted by Crippen LogP contribution is -2.36. The van der Waals surface area contributed by atoms with Gasteiger partial charge in [0.05, 0.1) is 28.5 Å². The number of fused-ring (bicyclic) bond motifs is 2. The molecule has 3 heterocycles. The smallest absolute Gasteiger partial charge is 0.181 e. The van der Waals surface area contributed by atoms with E-state index in [2.05, 4.69) is 15.0 Å². The highest BCUT2D eigenvalue weighted by atomic mass is 35.5. The summed E-state index contributed by atoms with van der Waals surface area (Å²) in [4.78, 5) is 14.7. The summed E-state index contributed by atoms with van der Waals surface area (Å²) in [5.74, 6) is -0.469. The van der Waals surface area contributed by atoms with Crippen LogP contribution in [0.2, 0.25) is 5.02 Å². The van der Waals surface area contributed by atoms with Gasteiger partial charge in [0, 0.05) is 29.6 Å². The number of hydrogen-bond acceptors (Lipinski definition) is 7. The van der Waals surface area contributed by atoms with Gasteiger partial charge in [-0.05, 0) is 18.2 Å².